The second-order valence-corrected chi connectivity index (χ2v) is 9.32. The Kier molecular flexibility index (Phi) is 3.54. The second-order valence-electron chi connectivity index (χ2n) is 9.32. The molecule has 4 rings (SSSR count). The van der Waals surface area contributed by atoms with Crippen molar-refractivity contribution in [2.75, 3.05) is 6.61 Å². The van der Waals surface area contributed by atoms with Crippen molar-refractivity contribution in [3.63, 3.8) is 0 Å². The highest BCUT2D eigenvalue weighted by molar-refractivity contribution is 5.27. The van der Waals surface area contributed by atoms with Crippen LogP contribution in [0.25, 0.3) is 0 Å². The van der Waals surface area contributed by atoms with E-state index < -0.39 is 5.60 Å². The van der Waals surface area contributed by atoms with Crippen LogP contribution in [0, 0.1) is 28.6 Å². The van der Waals surface area contributed by atoms with Crippen molar-refractivity contribution in [2.24, 2.45) is 28.6 Å². The molecule has 3 fully saturated rings. The molecule has 3 nitrogen and oxygen atoms in total. The Hall–Kier alpha value is -0.380. The van der Waals surface area contributed by atoms with Gasteiger partial charge in [0.25, 0.3) is 0 Å². The molecule has 130 valence electrons. The van der Waals surface area contributed by atoms with Crippen molar-refractivity contribution < 1.29 is 15.3 Å². The predicted molar refractivity (Wildman–Crippen MR) is 89.7 cm³/mol. The molecule has 0 bridgehead atoms. The van der Waals surface area contributed by atoms with Gasteiger partial charge in [-0.2, -0.15) is 0 Å². The Labute approximate surface area is 139 Å². The van der Waals surface area contributed by atoms with Crippen LogP contribution in [0.1, 0.15) is 65.2 Å². The molecule has 7 atom stereocenters. The maximum absolute atomic E-state index is 10.9. The molecule has 3 N–H and O–H groups in total. The van der Waals surface area contributed by atoms with Gasteiger partial charge < -0.3 is 15.3 Å². The zero-order chi connectivity index (χ0) is 16.5. The minimum atomic E-state index is -0.540. The molecule has 0 spiro atoms. The Morgan fingerprint density at radius 2 is 1.83 bits per heavy atom. The molecule has 0 aromatic rings. The number of hydrogen-bond acceptors (Lipinski definition) is 3. The van der Waals surface area contributed by atoms with Gasteiger partial charge in [0, 0.05) is 5.41 Å². The summed E-state index contributed by atoms with van der Waals surface area (Å²) in [4.78, 5) is 0. The summed E-state index contributed by atoms with van der Waals surface area (Å²) in [5, 5.41) is 31.3. The van der Waals surface area contributed by atoms with Crippen molar-refractivity contribution in [2.45, 2.75) is 76.9 Å². The van der Waals surface area contributed by atoms with Crippen LogP contribution in [0.2, 0.25) is 0 Å². The van der Waals surface area contributed by atoms with Crippen LogP contribution in [-0.4, -0.2) is 33.6 Å². The van der Waals surface area contributed by atoms with Crippen molar-refractivity contribution in [3.05, 3.63) is 11.6 Å². The Bertz CT molecular complexity index is 525. The maximum atomic E-state index is 10.9. The summed E-state index contributed by atoms with van der Waals surface area (Å²) in [7, 11) is 0. The van der Waals surface area contributed by atoms with E-state index in [0.717, 1.165) is 51.4 Å². The first-order valence-corrected chi connectivity index (χ1v) is 9.55. The Balaban J connectivity index is 1.71. The van der Waals surface area contributed by atoms with Crippen molar-refractivity contribution in [1.82, 2.24) is 0 Å². The summed E-state index contributed by atoms with van der Waals surface area (Å²) >= 11 is 0. The van der Waals surface area contributed by atoms with Gasteiger partial charge in [0.05, 0.1) is 18.3 Å². The topological polar surface area (TPSA) is 60.7 Å². The van der Waals surface area contributed by atoms with Gasteiger partial charge in [-0.05, 0) is 81.5 Å². The van der Waals surface area contributed by atoms with Crippen LogP contribution in [0.15, 0.2) is 11.6 Å². The van der Waals surface area contributed by atoms with E-state index in [9.17, 15) is 15.3 Å². The lowest BCUT2D eigenvalue weighted by Crippen LogP contribution is -2.55. The van der Waals surface area contributed by atoms with E-state index >= 15 is 0 Å². The summed E-state index contributed by atoms with van der Waals surface area (Å²) < 4.78 is 0. The third kappa shape index (κ3) is 1.99. The smallest absolute Gasteiger partial charge is 0.0675 e. The molecule has 3 heteroatoms. The molecule has 0 aromatic carbocycles. The lowest BCUT2D eigenvalue weighted by molar-refractivity contribution is -0.124. The normalized spacial score (nSPS) is 55.6. The molecule has 0 radical (unpaired) electrons. The summed E-state index contributed by atoms with van der Waals surface area (Å²) in [5.74, 6) is 1.70. The number of aliphatic hydroxyl groups is 3. The van der Waals surface area contributed by atoms with Gasteiger partial charge in [0.1, 0.15) is 0 Å². The molecule has 0 amide bonds. The van der Waals surface area contributed by atoms with E-state index in [-0.39, 0.29) is 23.5 Å². The molecule has 0 aromatic heterocycles. The highest BCUT2D eigenvalue weighted by Gasteiger charge is 2.62. The molecule has 0 aliphatic heterocycles. The van der Waals surface area contributed by atoms with E-state index in [0.29, 0.717) is 17.8 Å². The minimum Gasteiger partial charge on any atom is -0.395 e. The summed E-state index contributed by atoms with van der Waals surface area (Å²) in [5.41, 5.74) is 0.734. The lowest BCUT2D eigenvalue weighted by atomic mass is 9.46. The first kappa shape index (κ1) is 16.1. The summed E-state index contributed by atoms with van der Waals surface area (Å²) in [6, 6.07) is 0. The van der Waals surface area contributed by atoms with E-state index in [1.165, 1.54) is 5.57 Å². The lowest BCUT2D eigenvalue weighted by Gasteiger charge is -2.59. The van der Waals surface area contributed by atoms with Crippen LogP contribution < -0.4 is 0 Å². The largest absolute Gasteiger partial charge is 0.395 e. The van der Waals surface area contributed by atoms with Crippen molar-refractivity contribution in [1.29, 1.82) is 0 Å². The van der Waals surface area contributed by atoms with E-state index in [1.807, 2.05) is 6.92 Å². The summed E-state index contributed by atoms with van der Waals surface area (Å²) in [6.45, 7) is 4.57. The zero-order valence-corrected chi connectivity index (χ0v) is 14.6. The SMILES string of the molecule is C[C@]1(O)CC[C@H]2[C@@H]3CC=C4C[C@@H](O)CC[C@]4(CO)[C@H]3CC[C@@]21C. The number of hydrogen-bond donors (Lipinski definition) is 3. The van der Waals surface area contributed by atoms with Crippen LogP contribution in [0.4, 0.5) is 0 Å². The molecule has 4 aliphatic rings. The average molecular weight is 320 g/mol. The number of rotatable bonds is 1. The van der Waals surface area contributed by atoms with Gasteiger partial charge in [-0.25, -0.2) is 0 Å². The fraction of sp³-hybridized carbons (Fsp3) is 0.900. The third-order valence-corrected chi connectivity index (χ3v) is 8.65. The molecular weight excluding hydrogens is 288 g/mol. The van der Waals surface area contributed by atoms with Crippen LogP contribution in [0.5, 0.6) is 0 Å². The number of aliphatic hydroxyl groups excluding tert-OH is 2. The van der Waals surface area contributed by atoms with Gasteiger partial charge in [0.15, 0.2) is 0 Å². The molecular formula is C20H32O3. The first-order chi connectivity index (χ1) is 10.8. The second kappa shape index (κ2) is 5.06. The fourth-order valence-electron chi connectivity index (χ4n) is 6.98. The minimum absolute atomic E-state index is 0.0321. The zero-order valence-electron chi connectivity index (χ0n) is 14.6. The van der Waals surface area contributed by atoms with E-state index in [4.69, 9.17) is 0 Å². The Morgan fingerprint density at radius 3 is 2.57 bits per heavy atom. The number of fused-ring (bicyclic) bond motifs is 5. The molecule has 4 aliphatic carbocycles. The Morgan fingerprint density at radius 1 is 1.09 bits per heavy atom. The van der Waals surface area contributed by atoms with Crippen LogP contribution in [0.3, 0.4) is 0 Å². The molecule has 0 unspecified atom stereocenters. The van der Waals surface area contributed by atoms with Gasteiger partial charge in [-0.15, -0.1) is 0 Å². The van der Waals surface area contributed by atoms with Gasteiger partial charge >= 0.3 is 0 Å². The standard InChI is InChI=1S/C20H32O3/c1-18-8-6-17-15(16(18)7-9-19(18,2)23)4-3-13-11-14(22)5-10-20(13,17)12-21/h3,14-17,21-23H,4-12H2,1-2H3/t14-,15-,16-,17-,18-,19-,20+/m0/s1. The monoisotopic (exact) mass is 320 g/mol. The summed E-state index contributed by atoms with van der Waals surface area (Å²) in [6.07, 6.45) is 9.92. The van der Waals surface area contributed by atoms with Crippen molar-refractivity contribution >= 4 is 0 Å². The third-order valence-electron chi connectivity index (χ3n) is 8.65. The van der Waals surface area contributed by atoms with E-state index in [1.54, 1.807) is 0 Å². The maximum Gasteiger partial charge on any atom is 0.0675 e. The predicted octanol–water partition coefficient (Wildman–Crippen LogP) is 3.03. The van der Waals surface area contributed by atoms with Crippen LogP contribution >= 0.6 is 0 Å². The van der Waals surface area contributed by atoms with Gasteiger partial charge in [0.2, 0.25) is 0 Å². The fourth-order valence-corrected chi connectivity index (χ4v) is 6.98. The van der Waals surface area contributed by atoms with Crippen molar-refractivity contribution in [3.8, 4) is 0 Å². The highest BCUT2D eigenvalue weighted by atomic mass is 16.3. The average Bonchev–Trinajstić information content (AvgIpc) is 2.77. The molecule has 0 heterocycles. The van der Waals surface area contributed by atoms with Gasteiger partial charge in [-0.3, -0.25) is 0 Å². The van der Waals surface area contributed by atoms with E-state index in [2.05, 4.69) is 13.0 Å². The van der Waals surface area contributed by atoms with Gasteiger partial charge in [-0.1, -0.05) is 18.6 Å². The molecule has 0 saturated heterocycles. The first-order valence-electron chi connectivity index (χ1n) is 9.55. The molecule has 3 saturated carbocycles. The number of allylic oxidation sites excluding steroid dienone is 1. The highest BCUT2D eigenvalue weighted by Crippen LogP contribution is 2.66. The molecule has 23 heavy (non-hydrogen) atoms. The quantitative estimate of drug-likeness (QED) is 0.651. The van der Waals surface area contributed by atoms with Crippen LogP contribution in [-0.2, 0) is 0 Å².